The fourth-order valence-corrected chi connectivity index (χ4v) is 1.07. The summed E-state index contributed by atoms with van der Waals surface area (Å²) in [6.07, 6.45) is -4.88. The van der Waals surface area contributed by atoms with Gasteiger partial charge in [-0.25, -0.2) is 4.39 Å². The number of rotatable bonds is 0. The third-order valence-corrected chi connectivity index (χ3v) is 1.87. The Kier molecular flexibility index (Phi) is 2.43. The maximum Gasteiger partial charge on any atom is 0.188 e. The van der Waals surface area contributed by atoms with Crippen LogP contribution in [0.2, 0.25) is 0 Å². The van der Waals surface area contributed by atoms with Gasteiger partial charge >= 0.3 is 0 Å². The van der Waals surface area contributed by atoms with Crippen molar-refractivity contribution in [1.29, 1.82) is 0 Å². The van der Waals surface area contributed by atoms with E-state index in [4.69, 9.17) is 15.9 Å². The van der Waals surface area contributed by atoms with E-state index in [1.165, 1.54) is 6.92 Å². The van der Waals surface area contributed by atoms with Gasteiger partial charge in [-0.1, -0.05) is 0 Å². The third-order valence-electron chi connectivity index (χ3n) is 1.87. The Morgan fingerprint density at radius 1 is 1.45 bits per heavy atom. The zero-order valence-electron chi connectivity index (χ0n) is 6.14. The lowest BCUT2D eigenvalue weighted by molar-refractivity contribution is -0.231. The lowest BCUT2D eigenvalue weighted by atomic mass is 9.99. The van der Waals surface area contributed by atoms with Crippen LogP contribution in [0.25, 0.3) is 0 Å². The van der Waals surface area contributed by atoms with E-state index in [1.807, 2.05) is 0 Å². The summed E-state index contributed by atoms with van der Waals surface area (Å²) in [7, 11) is 0. The molecule has 0 bridgehead atoms. The number of aliphatic hydroxyl groups is 2. The molecule has 0 saturated carbocycles. The second-order valence-corrected chi connectivity index (χ2v) is 2.74. The second-order valence-electron chi connectivity index (χ2n) is 2.74. The summed E-state index contributed by atoms with van der Waals surface area (Å²) in [5.41, 5.74) is 5.24. The monoisotopic (exact) mass is 165 g/mol. The van der Waals surface area contributed by atoms with Crippen LogP contribution < -0.4 is 5.73 Å². The Bertz CT molecular complexity index is 132. The van der Waals surface area contributed by atoms with Crippen molar-refractivity contribution in [2.75, 3.05) is 0 Å². The van der Waals surface area contributed by atoms with Crippen molar-refractivity contribution in [1.82, 2.24) is 0 Å². The minimum absolute atomic E-state index is 0.619. The molecule has 1 fully saturated rings. The van der Waals surface area contributed by atoms with Gasteiger partial charge in [-0.2, -0.15) is 0 Å². The van der Waals surface area contributed by atoms with Crippen LogP contribution in [0.15, 0.2) is 0 Å². The van der Waals surface area contributed by atoms with Crippen molar-refractivity contribution in [2.45, 2.75) is 37.6 Å². The Morgan fingerprint density at radius 2 is 2.00 bits per heavy atom. The van der Waals surface area contributed by atoms with E-state index in [0.717, 1.165) is 0 Å². The first kappa shape index (κ1) is 8.86. The highest BCUT2D eigenvalue weighted by Crippen LogP contribution is 2.19. The first-order chi connectivity index (χ1) is 5.04. The largest absolute Gasteiger partial charge is 0.389 e. The molecule has 0 amide bonds. The van der Waals surface area contributed by atoms with Crippen LogP contribution >= 0.6 is 0 Å². The molecule has 4 N–H and O–H groups in total. The highest BCUT2D eigenvalue weighted by molar-refractivity contribution is 4.89. The summed E-state index contributed by atoms with van der Waals surface area (Å²) in [5, 5.41) is 18.0. The van der Waals surface area contributed by atoms with Gasteiger partial charge in [0.1, 0.15) is 0 Å². The lowest BCUT2D eigenvalue weighted by Gasteiger charge is -2.36. The van der Waals surface area contributed by atoms with E-state index in [-0.39, 0.29) is 0 Å². The molecule has 0 spiro atoms. The average molecular weight is 165 g/mol. The van der Waals surface area contributed by atoms with Crippen LogP contribution in [0.4, 0.5) is 4.39 Å². The van der Waals surface area contributed by atoms with Crippen molar-refractivity contribution in [2.24, 2.45) is 5.73 Å². The maximum absolute atomic E-state index is 12.7. The number of alkyl halides is 1. The smallest absolute Gasteiger partial charge is 0.188 e. The molecule has 5 atom stereocenters. The normalized spacial score (nSPS) is 52.6. The van der Waals surface area contributed by atoms with Gasteiger partial charge in [-0.15, -0.1) is 0 Å². The van der Waals surface area contributed by atoms with E-state index < -0.39 is 30.7 Å². The number of ether oxygens (including phenoxy) is 1. The van der Waals surface area contributed by atoms with Crippen molar-refractivity contribution >= 4 is 0 Å². The SMILES string of the molecule is C[C@@H]1O[C@@H](O)[C@H](F)[C@H](N)[C@@H]1O. The molecule has 1 aliphatic rings. The van der Waals surface area contributed by atoms with E-state index in [9.17, 15) is 4.39 Å². The van der Waals surface area contributed by atoms with Gasteiger partial charge in [-0.05, 0) is 6.92 Å². The summed E-state index contributed by atoms with van der Waals surface area (Å²) in [5.74, 6) is 0. The van der Waals surface area contributed by atoms with Gasteiger partial charge in [0.05, 0.1) is 18.2 Å². The van der Waals surface area contributed by atoms with E-state index in [2.05, 4.69) is 4.74 Å². The highest BCUT2D eigenvalue weighted by Gasteiger charge is 2.40. The van der Waals surface area contributed by atoms with Crippen LogP contribution in [0.3, 0.4) is 0 Å². The van der Waals surface area contributed by atoms with E-state index >= 15 is 0 Å². The molecule has 0 aromatic heterocycles. The Labute approximate surface area is 63.8 Å². The Balaban J connectivity index is 2.63. The van der Waals surface area contributed by atoms with Crippen LogP contribution in [0, 0.1) is 0 Å². The molecule has 1 saturated heterocycles. The number of hydrogen-bond acceptors (Lipinski definition) is 4. The molecule has 1 heterocycles. The van der Waals surface area contributed by atoms with Gasteiger partial charge < -0.3 is 20.7 Å². The van der Waals surface area contributed by atoms with Gasteiger partial charge in [-0.3, -0.25) is 0 Å². The predicted octanol–water partition coefficient (Wildman–Crippen LogP) is -1.25. The van der Waals surface area contributed by atoms with Crippen LogP contribution in [-0.4, -0.2) is 40.9 Å². The number of hydrogen-bond donors (Lipinski definition) is 3. The first-order valence-electron chi connectivity index (χ1n) is 3.45. The van der Waals surface area contributed by atoms with Crippen molar-refractivity contribution in [3.8, 4) is 0 Å². The quantitative estimate of drug-likeness (QED) is 0.419. The number of nitrogens with two attached hydrogens (primary N) is 1. The molecule has 4 nitrogen and oxygen atoms in total. The molecule has 0 aliphatic carbocycles. The molecule has 5 heteroatoms. The summed E-state index contributed by atoms with van der Waals surface area (Å²) in [4.78, 5) is 0. The molecule has 0 aromatic carbocycles. The molecule has 0 radical (unpaired) electrons. The zero-order chi connectivity index (χ0) is 8.59. The van der Waals surface area contributed by atoms with Crippen LogP contribution in [-0.2, 0) is 4.74 Å². The summed E-state index contributed by atoms with van der Waals surface area (Å²) in [6.45, 7) is 1.53. The van der Waals surface area contributed by atoms with E-state index in [1.54, 1.807) is 0 Å². The highest BCUT2D eigenvalue weighted by atomic mass is 19.1. The van der Waals surface area contributed by atoms with E-state index in [0.29, 0.717) is 0 Å². The standard InChI is InChI=1S/C6H12FNO3/c1-2-5(9)4(8)3(7)6(10)11-2/h2-6,9-10H,8H2,1H3/t2-,3+,4-,5+,6+/m0/s1. The third kappa shape index (κ3) is 1.51. The predicted molar refractivity (Wildman–Crippen MR) is 35.4 cm³/mol. The van der Waals surface area contributed by atoms with Gasteiger partial charge in [0.25, 0.3) is 0 Å². The number of aliphatic hydroxyl groups excluding tert-OH is 2. The Hall–Kier alpha value is -0.230. The first-order valence-corrected chi connectivity index (χ1v) is 3.45. The fraction of sp³-hybridized carbons (Fsp3) is 1.00. The molecule has 1 rings (SSSR count). The minimum atomic E-state index is -1.71. The molecular formula is C6H12FNO3. The maximum atomic E-state index is 12.7. The fourth-order valence-electron chi connectivity index (χ4n) is 1.07. The Morgan fingerprint density at radius 3 is 2.55 bits per heavy atom. The summed E-state index contributed by atoms with van der Waals surface area (Å²) < 4.78 is 17.4. The minimum Gasteiger partial charge on any atom is -0.389 e. The lowest BCUT2D eigenvalue weighted by Crippen LogP contribution is -2.58. The van der Waals surface area contributed by atoms with Gasteiger partial charge in [0.15, 0.2) is 12.5 Å². The van der Waals surface area contributed by atoms with Crippen molar-refractivity contribution in [3.63, 3.8) is 0 Å². The summed E-state index contributed by atoms with van der Waals surface area (Å²) in [6, 6.07) is -1.06. The van der Waals surface area contributed by atoms with Crippen LogP contribution in [0.1, 0.15) is 6.92 Å². The molecule has 0 unspecified atom stereocenters. The van der Waals surface area contributed by atoms with Crippen molar-refractivity contribution in [3.05, 3.63) is 0 Å². The topological polar surface area (TPSA) is 75.7 Å². The number of halogens is 1. The molecule has 66 valence electrons. The molecular weight excluding hydrogens is 153 g/mol. The molecule has 1 aliphatic heterocycles. The second kappa shape index (κ2) is 3.02. The molecule has 11 heavy (non-hydrogen) atoms. The summed E-state index contributed by atoms with van der Waals surface area (Å²) >= 11 is 0. The van der Waals surface area contributed by atoms with Crippen molar-refractivity contribution < 1.29 is 19.3 Å². The van der Waals surface area contributed by atoms with Gasteiger partial charge in [0.2, 0.25) is 0 Å². The van der Waals surface area contributed by atoms with Crippen LogP contribution in [0.5, 0.6) is 0 Å². The average Bonchev–Trinajstić information content (AvgIpc) is 1.97. The molecule has 0 aromatic rings. The van der Waals surface area contributed by atoms with Gasteiger partial charge in [0, 0.05) is 0 Å². The zero-order valence-corrected chi connectivity index (χ0v) is 6.14.